The molecule has 0 N–H and O–H groups in total. The van der Waals surface area contributed by atoms with Gasteiger partial charge in [-0.05, 0) is 27.7 Å². The number of alkyl halides is 1. The summed E-state index contributed by atoms with van der Waals surface area (Å²) in [5.41, 5.74) is 0. The van der Waals surface area contributed by atoms with E-state index in [-0.39, 0.29) is 16.2 Å². The summed E-state index contributed by atoms with van der Waals surface area (Å²) in [6.45, 7) is 9.05. The van der Waals surface area contributed by atoms with Gasteiger partial charge in [-0.2, -0.15) is 0 Å². The number of ether oxygens (including phenoxy) is 2. The molecular formula is C10H19BrO3. The summed E-state index contributed by atoms with van der Waals surface area (Å²) in [6, 6.07) is 0. The van der Waals surface area contributed by atoms with Gasteiger partial charge in [-0.3, -0.25) is 4.79 Å². The smallest absolute Gasteiger partial charge is 0.310 e. The summed E-state index contributed by atoms with van der Waals surface area (Å²) in [6.07, 6.45) is 0. The van der Waals surface area contributed by atoms with Crippen LogP contribution in [0.3, 0.4) is 0 Å². The monoisotopic (exact) mass is 266 g/mol. The molecule has 0 aromatic carbocycles. The van der Waals surface area contributed by atoms with Gasteiger partial charge >= 0.3 is 5.97 Å². The highest BCUT2D eigenvalue weighted by molar-refractivity contribution is 9.10. The first-order valence-electron chi connectivity index (χ1n) is 4.80. The van der Waals surface area contributed by atoms with E-state index in [1.807, 2.05) is 13.8 Å². The van der Waals surface area contributed by atoms with E-state index in [2.05, 4.69) is 15.9 Å². The molecule has 0 aromatic rings. The third-order valence-corrected chi connectivity index (χ3v) is 1.73. The minimum atomic E-state index is -0.195. The zero-order valence-corrected chi connectivity index (χ0v) is 10.9. The van der Waals surface area contributed by atoms with Gasteiger partial charge in [0.2, 0.25) is 0 Å². The molecule has 0 spiro atoms. The molecule has 1 atom stereocenters. The Bertz CT molecular complexity index is 175. The lowest BCUT2D eigenvalue weighted by atomic mass is 10.2. The molecular weight excluding hydrogens is 248 g/mol. The molecule has 0 saturated heterocycles. The first-order valence-corrected chi connectivity index (χ1v) is 5.59. The van der Waals surface area contributed by atoms with Gasteiger partial charge in [0, 0.05) is 4.32 Å². The summed E-state index contributed by atoms with van der Waals surface area (Å²) in [7, 11) is 0. The Morgan fingerprint density at radius 3 is 2.50 bits per heavy atom. The van der Waals surface area contributed by atoms with E-state index in [9.17, 15) is 4.79 Å². The number of esters is 1. The molecule has 0 amide bonds. The SMILES string of the molecule is CCOC(=O)C(C)COCC(C)(C)Br. The van der Waals surface area contributed by atoms with Gasteiger partial charge in [0.1, 0.15) is 0 Å². The topological polar surface area (TPSA) is 35.5 Å². The van der Waals surface area contributed by atoms with Crippen LogP contribution in [0.2, 0.25) is 0 Å². The van der Waals surface area contributed by atoms with E-state index >= 15 is 0 Å². The summed E-state index contributed by atoms with van der Waals surface area (Å²) in [5.74, 6) is -0.385. The Morgan fingerprint density at radius 2 is 2.07 bits per heavy atom. The van der Waals surface area contributed by atoms with Crippen LogP contribution in [0.5, 0.6) is 0 Å². The van der Waals surface area contributed by atoms with Crippen molar-refractivity contribution < 1.29 is 14.3 Å². The second-order valence-electron chi connectivity index (χ2n) is 3.89. The Morgan fingerprint density at radius 1 is 1.50 bits per heavy atom. The zero-order valence-electron chi connectivity index (χ0n) is 9.30. The maximum absolute atomic E-state index is 11.2. The number of rotatable bonds is 6. The Kier molecular flexibility index (Phi) is 6.36. The van der Waals surface area contributed by atoms with E-state index in [4.69, 9.17) is 9.47 Å². The molecule has 0 aliphatic carbocycles. The predicted octanol–water partition coefficient (Wildman–Crippen LogP) is 2.38. The van der Waals surface area contributed by atoms with E-state index < -0.39 is 0 Å². The van der Waals surface area contributed by atoms with Gasteiger partial charge in [-0.15, -0.1) is 0 Å². The summed E-state index contributed by atoms with van der Waals surface area (Å²) >= 11 is 3.46. The van der Waals surface area contributed by atoms with E-state index in [1.165, 1.54) is 0 Å². The van der Waals surface area contributed by atoms with Crippen LogP contribution < -0.4 is 0 Å². The molecule has 3 nitrogen and oxygen atoms in total. The van der Waals surface area contributed by atoms with Crippen LogP contribution in [0, 0.1) is 5.92 Å². The molecule has 0 aliphatic rings. The molecule has 0 aromatic heterocycles. The predicted molar refractivity (Wildman–Crippen MR) is 59.6 cm³/mol. The second kappa shape index (κ2) is 6.40. The first-order chi connectivity index (χ1) is 6.37. The number of carbonyl (C=O) groups is 1. The van der Waals surface area contributed by atoms with Gasteiger partial charge in [-0.1, -0.05) is 15.9 Å². The molecule has 0 heterocycles. The Labute approximate surface area is 94.3 Å². The third-order valence-electron chi connectivity index (χ3n) is 1.50. The highest BCUT2D eigenvalue weighted by Gasteiger charge is 2.17. The number of hydrogen-bond acceptors (Lipinski definition) is 3. The van der Waals surface area contributed by atoms with Gasteiger partial charge in [-0.25, -0.2) is 0 Å². The van der Waals surface area contributed by atoms with Crippen LogP contribution >= 0.6 is 15.9 Å². The van der Waals surface area contributed by atoms with Crippen molar-refractivity contribution in [3.63, 3.8) is 0 Å². The molecule has 14 heavy (non-hydrogen) atoms. The van der Waals surface area contributed by atoms with Crippen LogP contribution in [-0.4, -0.2) is 30.1 Å². The van der Waals surface area contributed by atoms with E-state index in [0.29, 0.717) is 19.8 Å². The molecule has 1 unspecified atom stereocenters. The van der Waals surface area contributed by atoms with Crippen molar-refractivity contribution in [2.24, 2.45) is 5.92 Å². The van der Waals surface area contributed by atoms with Gasteiger partial charge in [0.05, 0.1) is 25.7 Å². The number of hydrogen-bond donors (Lipinski definition) is 0. The summed E-state index contributed by atoms with van der Waals surface area (Å²) in [5, 5.41) is 0. The highest BCUT2D eigenvalue weighted by Crippen LogP contribution is 2.16. The van der Waals surface area contributed by atoms with Crippen molar-refractivity contribution in [2.45, 2.75) is 32.0 Å². The van der Waals surface area contributed by atoms with Gasteiger partial charge in [0.15, 0.2) is 0 Å². The molecule has 84 valence electrons. The van der Waals surface area contributed by atoms with Crippen molar-refractivity contribution in [2.75, 3.05) is 19.8 Å². The normalized spacial score (nSPS) is 13.8. The summed E-state index contributed by atoms with van der Waals surface area (Å²) in [4.78, 5) is 11.2. The van der Waals surface area contributed by atoms with Crippen LogP contribution in [-0.2, 0) is 14.3 Å². The van der Waals surface area contributed by atoms with Crippen molar-refractivity contribution in [3.05, 3.63) is 0 Å². The number of halogens is 1. The maximum atomic E-state index is 11.2. The molecule has 0 rings (SSSR count). The lowest BCUT2D eigenvalue weighted by Crippen LogP contribution is -2.24. The van der Waals surface area contributed by atoms with Crippen LogP contribution in [0.25, 0.3) is 0 Å². The summed E-state index contributed by atoms with van der Waals surface area (Å²) < 4.78 is 10.2. The third kappa shape index (κ3) is 7.33. The lowest BCUT2D eigenvalue weighted by molar-refractivity contribution is -0.149. The van der Waals surface area contributed by atoms with E-state index in [0.717, 1.165) is 0 Å². The van der Waals surface area contributed by atoms with E-state index in [1.54, 1.807) is 13.8 Å². The standard InChI is InChI=1S/C10H19BrO3/c1-5-14-9(12)8(2)6-13-7-10(3,4)11/h8H,5-7H2,1-4H3. The fourth-order valence-corrected chi connectivity index (χ4v) is 0.993. The van der Waals surface area contributed by atoms with Gasteiger partial charge in [0.25, 0.3) is 0 Å². The molecule has 0 bridgehead atoms. The Balaban J connectivity index is 3.63. The van der Waals surface area contributed by atoms with Crippen molar-refractivity contribution in [1.29, 1.82) is 0 Å². The van der Waals surface area contributed by atoms with Crippen molar-refractivity contribution in [3.8, 4) is 0 Å². The minimum Gasteiger partial charge on any atom is -0.466 e. The Hall–Kier alpha value is -0.0900. The first kappa shape index (κ1) is 13.9. The second-order valence-corrected chi connectivity index (χ2v) is 6.03. The lowest BCUT2D eigenvalue weighted by Gasteiger charge is -2.17. The zero-order chi connectivity index (χ0) is 11.2. The van der Waals surface area contributed by atoms with Crippen LogP contribution in [0.15, 0.2) is 0 Å². The molecule has 0 aliphatic heterocycles. The minimum absolute atomic E-state index is 0.0403. The van der Waals surface area contributed by atoms with Crippen molar-refractivity contribution in [1.82, 2.24) is 0 Å². The van der Waals surface area contributed by atoms with Crippen LogP contribution in [0.1, 0.15) is 27.7 Å². The highest BCUT2D eigenvalue weighted by atomic mass is 79.9. The average molecular weight is 267 g/mol. The van der Waals surface area contributed by atoms with Gasteiger partial charge < -0.3 is 9.47 Å². The fourth-order valence-electron chi connectivity index (χ4n) is 0.831. The molecule has 4 heteroatoms. The maximum Gasteiger partial charge on any atom is 0.310 e. The van der Waals surface area contributed by atoms with Crippen LogP contribution in [0.4, 0.5) is 0 Å². The fraction of sp³-hybridized carbons (Fsp3) is 0.900. The largest absolute Gasteiger partial charge is 0.466 e. The van der Waals surface area contributed by atoms with Crippen molar-refractivity contribution >= 4 is 21.9 Å². The molecule has 0 saturated carbocycles. The average Bonchev–Trinajstić information content (AvgIpc) is 2.02. The molecule has 0 radical (unpaired) electrons. The number of carbonyl (C=O) groups excluding carboxylic acids is 1. The molecule has 0 fully saturated rings. The quantitative estimate of drug-likeness (QED) is 0.547.